The fourth-order valence-electron chi connectivity index (χ4n) is 2.47. The van der Waals surface area contributed by atoms with Gasteiger partial charge in [0.15, 0.2) is 0 Å². The van der Waals surface area contributed by atoms with Crippen LogP contribution in [0.1, 0.15) is 5.56 Å². The first-order chi connectivity index (χ1) is 14.8. The van der Waals surface area contributed by atoms with Crippen molar-refractivity contribution in [3.05, 3.63) is 66.5 Å². The van der Waals surface area contributed by atoms with Crippen LogP contribution in [0.2, 0.25) is 0 Å². The molecule has 8 nitrogen and oxygen atoms in total. The topological polar surface area (TPSA) is 108 Å². The van der Waals surface area contributed by atoms with Crippen LogP contribution in [0, 0.1) is 0 Å². The lowest BCUT2D eigenvalue weighted by Crippen LogP contribution is -2.19. The minimum absolute atomic E-state index is 0.0154. The van der Waals surface area contributed by atoms with Gasteiger partial charge in [0.05, 0.1) is 12.2 Å². The number of urea groups is 1. The van der Waals surface area contributed by atoms with E-state index in [9.17, 15) is 18.0 Å². The summed E-state index contributed by atoms with van der Waals surface area (Å²) in [5.41, 5.74) is -0.433. The fraction of sp³-hybridized carbons (Fsp3) is 0.150. The second-order valence-corrected chi connectivity index (χ2v) is 6.18. The van der Waals surface area contributed by atoms with Crippen molar-refractivity contribution in [3.63, 3.8) is 0 Å². The Morgan fingerprint density at radius 3 is 2.45 bits per heavy atom. The molecule has 1 aromatic heterocycles. The van der Waals surface area contributed by atoms with Gasteiger partial charge in [-0.1, -0.05) is 6.07 Å². The highest BCUT2D eigenvalue weighted by Crippen LogP contribution is 2.30. The predicted octanol–water partition coefficient (Wildman–Crippen LogP) is 4.34. The van der Waals surface area contributed by atoms with Crippen molar-refractivity contribution in [2.75, 3.05) is 29.1 Å². The Labute approximate surface area is 175 Å². The number of hydrogen-bond donors (Lipinski definition) is 4. The number of anilines is 3. The number of aromatic nitrogens is 2. The summed E-state index contributed by atoms with van der Waals surface area (Å²) in [6.07, 6.45) is -3.19. The van der Waals surface area contributed by atoms with E-state index in [-0.39, 0.29) is 18.2 Å². The van der Waals surface area contributed by atoms with E-state index >= 15 is 0 Å². The van der Waals surface area contributed by atoms with E-state index in [4.69, 9.17) is 9.84 Å². The third-order valence-electron chi connectivity index (χ3n) is 3.84. The van der Waals surface area contributed by atoms with Gasteiger partial charge in [0.25, 0.3) is 0 Å². The number of aliphatic hydroxyl groups is 1. The number of halogens is 3. The number of nitrogens with one attached hydrogen (secondary N) is 3. The number of rotatable bonds is 7. The van der Waals surface area contributed by atoms with Crippen LogP contribution in [0.15, 0.2) is 60.9 Å². The molecular weight excluding hydrogens is 415 g/mol. The maximum Gasteiger partial charge on any atom is 0.416 e. The highest BCUT2D eigenvalue weighted by atomic mass is 19.4. The van der Waals surface area contributed by atoms with Crippen LogP contribution in [0.3, 0.4) is 0 Å². The van der Waals surface area contributed by atoms with Crippen LogP contribution in [-0.4, -0.2) is 34.3 Å². The van der Waals surface area contributed by atoms with E-state index in [2.05, 4.69) is 25.9 Å². The Morgan fingerprint density at radius 2 is 1.74 bits per heavy atom. The fourth-order valence-corrected chi connectivity index (χ4v) is 2.47. The minimum Gasteiger partial charge on any atom is -0.439 e. The van der Waals surface area contributed by atoms with Crippen molar-refractivity contribution in [2.45, 2.75) is 6.18 Å². The SMILES string of the molecule is O=C(Nc1ccc(Oc2cc(NCCO)ncn2)cc1)Nc1cccc(C(F)(F)F)c1. The summed E-state index contributed by atoms with van der Waals surface area (Å²) >= 11 is 0. The molecule has 0 unspecified atom stereocenters. The molecule has 162 valence electrons. The number of amides is 2. The zero-order valence-electron chi connectivity index (χ0n) is 16.0. The summed E-state index contributed by atoms with van der Waals surface area (Å²) in [4.78, 5) is 20.0. The van der Waals surface area contributed by atoms with Crippen molar-refractivity contribution in [2.24, 2.45) is 0 Å². The molecule has 1 heterocycles. The van der Waals surface area contributed by atoms with Gasteiger partial charge in [-0.25, -0.2) is 14.8 Å². The van der Waals surface area contributed by atoms with Gasteiger partial charge in [0.1, 0.15) is 17.9 Å². The van der Waals surface area contributed by atoms with Crippen LogP contribution < -0.4 is 20.7 Å². The number of carbonyl (C=O) groups is 1. The molecule has 0 fully saturated rings. The maximum absolute atomic E-state index is 12.8. The molecule has 0 aliphatic carbocycles. The van der Waals surface area contributed by atoms with Gasteiger partial charge in [0.2, 0.25) is 5.88 Å². The highest BCUT2D eigenvalue weighted by molar-refractivity contribution is 5.99. The molecule has 3 rings (SSSR count). The largest absolute Gasteiger partial charge is 0.439 e. The molecule has 3 aromatic rings. The third kappa shape index (κ3) is 6.57. The van der Waals surface area contributed by atoms with E-state index < -0.39 is 17.8 Å². The molecule has 4 N–H and O–H groups in total. The summed E-state index contributed by atoms with van der Waals surface area (Å²) in [6, 6.07) is 11.5. The van der Waals surface area contributed by atoms with Gasteiger partial charge in [-0.2, -0.15) is 13.2 Å². The monoisotopic (exact) mass is 433 g/mol. The standard InChI is InChI=1S/C20H18F3N5O3/c21-20(22,23)13-2-1-3-15(10-13)28-19(30)27-14-4-6-16(7-5-14)31-18-11-17(24-8-9-29)25-12-26-18/h1-7,10-12,29H,8-9H2,(H,24,25,26)(H2,27,28,30). The van der Waals surface area contributed by atoms with Gasteiger partial charge in [-0.3, -0.25) is 0 Å². The van der Waals surface area contributed by atoms with Crippen LogP contribution >= 0.6 is 0 Å². The molecule has 2 amide bonds. The minimum atomic E-state index is -4.50. The quantitative estimate of drug-likeness (QED) is 0.442. The first-order valence-corrected chi connectivity index (χ1v) is 9.03. The number of carbonyl (C=O) groups excluding carboxylic acids is 1. The molecule has 0 spiro atoms. The average Bonchev–Trinajstić information content (AvgIpc) is 2.73. The van der Waals surface area contributed by atoms with Gasteiger partial charge < -0.3 is 25.8 Å². The number of ether oxygens (including phenoxy) is 1. The summed E-state index contributed by atoms with van der Waals surface area (Å²) in [6.45, 7) is 0.287. The van der Waals surface area contributed by atoms with E-state index in [1.54, 1.807) is 30.3 Å². The molecular formula is C20H18F3N5O3. The zero-order chi connectivity index (χ0) is 22.3. The van der Waals surface area contributed by atoms with Gasteiger partial charge in [0, 0.05) is 24.0 Å². The third-order valence-corrected chi connectivity index (χ3v) is 3.84. The summed E-state index contributed by atoms with van der Waals surface area (Å²) < 4.78 is 43.9. The lowest BCUT2D eigenvalue weighted by atomic mass is 10.2. The normalized spacial score (nSPS) is 11.0. The first kappa shape index (κ1) is 21.8. The van der Waals surface area contributed by atoms with Gasteiger partial charge in [-0.15, -0.1) is 0 Å². The Balaban J connectivity index is 1.57. The van der Waals surface area contributed by atoms with E-state index in [0.717, 1.165) is 12.1 Å². The number of benzene rings is 2. The lowest BCUT2D eigenvalue weighted by molar-refractivity contribution is -0.137. The van der Waals surface area contributed by atoms with E-state index in [0.29, 0.717) is 23.8 Å². The van der Waals surface area contributed by atoms with E-state index in [1.165, 1.54) is 18.5 Å². The summed E-state index contributed by atoms with van der Waals surface area (Å²) in [7, 11) is 0. The smallest absolute Gasteiger partial charge is 0.416 e. The molecule has 0 saturated carbocycles. The van der Waals surface area contributed by atoms with Crippen LogP contribution in [-0.2, 0) is 6.18 Å². The van der Waals surface area contributed by atoms with Gasteiger partial charge in [-0.05, 0) is 42.5 Å². The van der Waals surface area contributed by atoms with Crippen molar-refractivity contribution < 1.29 is 27.8 Å². The highest BCUT2D eigenvalue weighted by Gasteiger charge is 2.30. The predicted molar refractivity (Wildman–Crippen MR) is 108 cm³/mol. The lowest BCUT2D eigenvalue weighted by Gasteiger charge is -2.11. The summed E-state index contributed by atoms with van der Waals surface area (Å²) in [5.74, 6) is 1.21. The Morgan fingerprint density at radius 1 is 1.00 bits per heavy atom. The van der Waals surface area contributed by atoms with Crippen LogP contribution in [0.25, 0.3) is 0 Å². The Kier molecular flexibility index (Phi) is 6.88. The number of hydrogen-bond acceptors (Lipinski definition) is 6. The molecule has 2 aromatic carbocycles. The van der Waals surface area contributed by atoms with Crippen molar-refractivity contribution in [3.8, 4) is 11.6 Å². The summed E-state index contributed by atoms with van der Waals surface area (Å²) in [5, 5.41) is 16.6. The second kappa shape index (κ2) is 9.76. The average molecular weight is 433 g/mol. The second-order valence-electron chi connectivity index (χ2n) is 6.18. The Bertz CT molecular complexity index is 1030. The number of alkyl halides is 3. The first-order valence-electron chi connectivity index (χ1n) is 9.03. The molecule has 0 atom stereocenters. The zero-order valence-corrected chi connectivity index (χ0v) is 16.0. The molecule has 0 bridgehead atoms. The van der Waals surface area contributed by atoms with Gasteiger partial charge >= 0.3 is 12.2 Å². The molecule has 0 aliphatic heterocycles. The van der Waals surface area contributed by atoms with Crippen LogP contribution in [0.4, 0.5) is 35.2 Å². The number of aliphatic hydroxyl groups excluding tert-OH is 1. The Hall–Kier alpha value is -3.86. The molecule has 31 heavy (non-hydrogen) atoms. The van der Waals surface area contributed by atoms with Crippen molar-refractivity contribution >= 4 is 23.2 Å². The molecule has 0 saturated heterocycles. The maximum atomic E-state index is 12.8. The molecule has 0 radical (unpaired) electrons. The molecule has 0 aliphatic rings. The molecule has 11 heteroatoms. The van der Waals surface area contributed by atoms with Crippen molar-refractivity contribution in [1.82, 2.24) is 9.97 Å². The number of nitrogens with zero attached hydrogens (tertiary/aromatic N) is 2. The van der Waals surface area contributed by atoms with E-state index in [1.807, 2.05) is 0 Å². The van der Waals surface area contributed by atoms with Crippen molar-refractivity contribution in [1.29, 1.82) is 0 Å². The van der Waals surface area contributed by atoms with Crippen LogP contribution in [0.5, 0.6) is 11.6 Å².